The minimum atomic E-state index is 0.0492. The van der Waals surface area contributed by atoms with E-state index in [1.165, 1.54) is 17.5 Å². The first-order valence-electron chi connectivity index (χ1n) is 6.19. The lowest BCUT2D eigenvalue weighted by Crippen LogP contribution is -2.32. The molecule has 2 rings (SSSR count). The molecule has 1 N–H and O–H groups in total. The molecule has 0 saturated heterocycles. The van der Waals surface area contributed by atoms with Gasteiger partial charge in [-0.25, -0.2) is 0 Å². The van der Waals surface area contributed by atoms with Crippen molar-refractivity contribution < 1.29 is 4.79 Å². The van der Waals surface area contributed by atoms with Gasteiger partial charge in [0.05, 0.1) is 0 Å². The monoisotopic (exact) mass is 295 g/mol. The number of carbonyl (C=O) groups is 1. The fraction of sp³-hybridized carbons (Fsp3) is 0.500. The number of hydrogen-bond acceptors (Lipinski definition) is 1. The van der Waals surface area contributed by atoms with E-state index in [2.05, 4.69) is 33.4 Å². The van der Waals surface area contributed by atoms with E-state index in [1.807, 2.05) is 13.0 Å². The lowest BCUT2D eigenvalue weighted by molar-refractivity contribution is 0.0939. The SMILES string of the molecule is CC(CCBr)NC(=O)c1ccc2c(c1)CCC2. The smallest absolute Gasteiger partial charge is 0.251 e. The Kier molecular flexibility index (Phi) is 4.21. The van der Waals surface area contributed by atoms with E-state index in [9.17, 15) is 4.79 Å². The summed E-state index contributed by atoms with van der Waals surface area (Å²) in [4.78, 5) is 12.0. The maximum atomic E-state index is 12.0. The van der Waals surface area contributed by atoms with E-state index in [0.29, 0.717) is 0 Å². The maximum Gasteiger partial charge on any atom is 0.251 e. The standard InChI is InChI=1S/C14H18BrNO/c1-10(7-8-15)16-14(17)13-6-5-11-3-2-4-12(11)9-13/h5-6,9-10H,2-4,7-8H2,1H3,(H,16,17). The number of halogens is 1. The lowest BCUT2D eigenvalue weighted by atomic mass is 10.1. The summed E-state index contributed by atoms with van der Waals surface area (Å²) in [6, 6.07) is 6.32. The van der Waals surface area contributed by atoms with Gasteiger partial charge in [-0.05, 0) is 55.9 Å². The van der Waals surface area contributed by atoms with Crippen LogP contribution < -0.4 is 5.32 Å². The summed E-state index contributed by atoms with van der Waals surface area (Å²) < 4.78 is 0. The Bertz CT molecular complexity index is 417. The summed E-state index contributed by atoms with van der Waals surface area (Å²) in [5, 5.41) is 3.93. The number of fused-ring (bicyclic) bond motifs is 1. The molecule has 1 aliphatic carbocycles. The molecule has 2 nitrogen and oxygen atoms in total. The highest BCUT2D eigenvalue weighted by atomic mass is 79.9. The lowest BCUT2D eigenvalue weighted by Gasteiger charge is -2.13. The summed E-state index contributed by atoms with van der Waals surface area (Å²) in [5.41, 5.74) is 3.56. The van der Waals surface area contributed by atoms with Crippen molar-refractivity contribution in [2.75, 3.05) is 5.33 Å². The molecule has 0 heterocycles. The molecule has 0 radical (unpaired) electrons. The number of aryl methyl sites for hydroxylation is 2. The zero-order valence-electron chi connectivity index (χ0n) is 10.1. The van der Waals surface area contributed by atoms with E-state index in [0.717, 1.165) is 30.2 Å². The van der Waals surface area contributed by atoms with E-state index in [1.54, 1.807) is 0 Å². The Morgan fingerprint density at radius 2 is 2.18 bits per heavy atom. The second-order valence-corrected chi connectivity index (χ2v) is 5.48. The zero-order valence-corrected chi connectivity index (χ0v) is 11.7. The number of alkyl halides is 1. The third-order valence-electron chi connectivity index (χ3n) is 3.28. The van der Waals surface area contributed by atoms with Gasteiger partial charge in [-0.3, -0.25) is 4.79 Å². The minimum Gasteiger partial charge on any atom is -0.350 e. The van der Waals surface area contributed by atoms with Crippen LogP contribution in [0.2, 0.25) is 0 Å². The van der Waals surface area contributed by atoms with Crippen molar-refractivity contribution in [3.05, 3.63) is 34.9 Å². The summed E-state index contributed by atoms with van der Waals surface area (Å²) in [6.07, 6.45) is 4.46. The molecule has 0 fully saturated rings. The molecule has 3 heteroatoms. The van der Waals surface area contributed by atoms with Gasteiger partial charge < -0.3 is 5.32 Å². The van der Waals surface area contributed by atoms with Crippen LogP contribution in [0.5, 0.6) is 0 Å². The molecule has 1 aromatic carbocycles. The van der Waals surface area contributed by atoms with Crippen LogP contribution in [0.3, 0.4) is 0 Å². The fourth-order valence-corrected chi connectivity index (χ4v) is 2.94. The first kappa shape index (κ1) is 12.6. The molecule has 0 aromatic heterocycles. The highest BCUT2D eigenvalue weighted by molar-refractivity contribution is 9.09. The van der Waals surface area contributed by atoms with Crippen molar-refractivity contribution in [3.8, 4) is 0 Å². The zero-order chi connectivity index (χ0) is 12.3. The van der Waals surface area contributed by atoms with Gasteiger partial charge in [0.1, 0.15) is 0 Å². The Hall–Kier alpha value is -0.830. The molecule has 1 aliphatic rings. The number of amides is 1. The van der Waals surface area contributed by atoms with E-state index < -0.39 is 0 Å². The number of nitrogens with one attached hydrogen (secondary N) is 1. The van der Waals surface area contributed by atoms with Gasteiger partial charge in [0.15, 0.2) is 0 Å². The normalized spacial score (nSPS) is 15.4. The number of rotatable bonds is 4. The molecule has 17 heavy (non-hydrogen) atoms. The van der Waals surface area contributed by atoms with E-state index in [-0.39, 0.29) is 11.9 Å². The van der Waals surface area contributed by atoms with Crippen molar-refractivity contribution in [3.63, 3.8) is 0 Å². The highest BCUT2D eigenvalue weighted by Crippen LogP contribution is 2.22. The van der Waals surface area contributed by atoms with Crippen molar-refractivity contribution in [1.29, 1.82) is 0 Å². The van der Waals surface area contributed by atoms with Gasteiger partial charge in [0, 0.05) is 16.9 Å². The predicted molar refractivity (Wildman–Crippen MR) is 73.8 cm³/mol. The molecule has 0 aliphatic heterocycles. The van der Waals surface area contributed by atoms with Crippen LogP contribution in [0.1, 0.15) is 41.3 Å². The minimum absolute atomic E-state index is 0.0492. The van der Waals surface area contributed by atoms with Gasteiger partial charge in [0.2, 0.25) is 0 Å². The average Bonchev–Trinajstić information content (AvgIpc) is 2.75. The molecule has 1 unspecified atom stereocenters. The molecule has 1 amide bonds. The van der Waals surface area contributed by atoms with Crippen LogP contribution in [0.4, 0.5) is 0 Å². The Balaban J connectivity index is 2.04. The van der Waals surface area contributed by atoms with Gasteiger partial charge in [-0.1, -0.05) is 22.0 Å². The van der Waals surface area contributed by atoms with Crippen LogP contribution in [0, 0.1) is 0 Å². The average molecular weight is 296 g/mol. The van der Waals surface area contributed by atoms with Gasteiger partial charge in [-0.2, -0.15) is 0 Å². The first-order chi connectivity index (χ1) is 8.20. The summed E-state index contributed by atoms with van der Waals surface area (Å²) in [7, 11) is 0. The second kappa shape index (κ2) is 5.67. The van der Waals surface area contributed by atoms with Crippen LogP contribution >= 0.6 is 15.9 Å². The van der Waals surface area contributed by atoms with Gasteiger partial charge >= 0.3 is 0 Å². The highest BCUT2D eigenvalue weighted by Gasteiger charge is 2.14. The predicted octanol–water partition coefficient (Wildman–Crippen LogP) is 3.08. The third-order valence-corrected chi connectivity index (χ3v) is 3.74. The summed E-state index contributed by atoms with van der Waals surface area (Å²) >= 11 is 3.39. The Morgan fingerprint density at radius 3 is 2.94 bits per heavy atom. The van der Waals surface area contributed by atoms with Crippen LogP contribution in [0.25, 0.3) is 0 Å². The molecule has 1 atom stereocenters. The molecule has 0 saturated carbocycles. The van der Waals surface area contributed by atoms with Crippen molar-refractivity contribution in [1.82, 2.24) is 5.32 Å². The van der Waals surface area contributed by atoms with Crippen LogP contribution in [-0.4, -0.2) is 17.3 Å². The molecule has 1 aromatic rings. The molecule has 0 spiro atoms. The van der Waals surface area contributed by atoms with Gasteiger partial charge in [-0.15, -0.1) is 0 Å². The summed E-state index contributed by atoms with van der Waals surface area (Å²) in [6.45, 7) is 2.03. The maximum absolute atomic E-state index is 12.0. The van der Waals surface area contributed by atoms with Gasteiger partial charge in [0.25, 0.3) is 5.91 Å². The number of benzene rings is 1. The summed E-state index contributed by atoms with van der Waals surface area (Å²) in [5.74, 6) is 0.0492. The van der Waals surface area contributed by atoms with E-state index in [4.69, 9.17) is 0 Å². The third kappa shape index (κ3) is 3.09. The number of carbonyl (C=O) groups excluding carboxylic acids is 1. The van der Waals surface area contributed by atoms with Crippen LogP contribution in [-0.2, 0) is 12.8 Å². The fourth-order valence-electron chi connectivity index (χ4n) is 2.26. The number of hydrogen-bond donors (Lipinski definition) is 1. The Labute approximate surface area is 111 Å². The topological polar surface area (TPSA) is 29.1 Å². The quantitative estimate of drug-likeness (QED) is 0.850. The molecule has 0 bridgehead atoms. The van der Waals surface area contributed by atoms with Crippen molar-refractivity contribution >= 4 is 21.8 Å². The molecular formula is C14H18BrNO. The van der Waals surface area contributed by atoms with E-state index >= 15 is 0 Å². The first-order valence-corrected chi connectivity index (χ1v) is 7.31. The largest absolute Gasteiger partial charge is 0.350 e. The molecule has 92 valence electrons. The van der Waals surface area contributed by atoms with Crippen molar-refractivity contribution in [2.24, 2.45) is 0 Å². The molecular weight excluding hydrogens is 278 g/mol. The Morgan fingerprint density at radius 1 is 1.41 bits per heavy atom. The second-order valence-electron chi connectivity index (χ2n) is 4.69. The van der Waals surface area contributed by atoms with Crippen LogP contribution in [0.15, 0.2) is 18.2 Å². The van der Waals surface area contributed by atoms with Crippen molar-refractivity contribution in [2.45, 2.75) is 38.6 Å².